The van der Waals surface area contributed by atoms with Gasteiger partial charge in [-0.15, -0.1) is 0 Å². The molecule has 0 saturated carbocycles. The lowest BCUT2D eigenvalue weighted by molar-refractivity contribution is 0.0642. The fourth-order valence-electron chi connectivity index (χ4n) is 2.80. The van der Waals surface area contributed by atoms with E-state index in [1.165, 1.54) is 19.2 Å². The number of carbonyl (C=O) groups is 2. The van der Waals surface area contributed by atoms with Crippen molar-refractivity contribution in [1.29, 1.82) is 0 Å². The SMILES string of the molecule is COc1cc(C(=O)O)c2c(c1)C(=O)[C@H](C)[C@@H](c1ccccc1)O2. The molecule has 5 heteroatoms. The predicted octanol–water partition coefficient (Wildman–Crippen LogP) is 3.35. The zero-order chi connectivity index (χ0) is 16.6. The minimum absolute atomic E-state index is 0.0690. The predicted molar refractivity (Wildman–Crippen MR) is 83.3 cm³/mol. The zero-order valence-corrected chi connectivity index (χ0v) is 12.8. The van der Waals surface area contributed by atoms with Crippen molar-refractivity contribution in [2.75, 3.05) is 7.11 Å². The molecule has 1 aliphatic heterocycles. The summed E-state index contributed by atoms with van der Waals surface area (Å²) >= 11 is 0. The Bertz CT molecular complexity index is 766. The van der Waals surface area contributed by atoms with Crippen molar-refractivity contribution in [2.24, 2.45) is 5.92 Å². The maximum Gasteiger partial charge on any atom is 0.339 e. The third-order valence-corrected chi connectivity index (χ3v) is 4.03. The molecular formula is C18H16O5. The number of benzene rings is 2. The minimum atomic E-state index is -1.16. The Morgan fingerprint density at radius 2 is 1.91 bits per heavy atom. The number of aromatic carboxylic acids is 1. The topological polar surface area (TPSA) is 72.8 Å². The average molecular weight is 312 g/mol. The summed E-state index contributed by atoms with van der Waals surface area (Å²) in [5.74, 6) is -1.30. The second-order valence-corrected chi connectivity index (χ2v) is 5.46. The Hall–Kier alpha value is -2.82. The van der Waals surface area contributed by atoms with Crippen LogP contribution in [0.5, 0.6) is 11.5 Å². The number of carbonyl (C=O) groups excluding carboxylic acids is 1. The van der Waals surface area contributed by atoms with Crippen LogP contribution in [0, 0.1) is 5.92 Å². The molecule has 0 bridgehead atoms. The number of ether oxygens (including phenoxy) is 2. The van der Waals surface area contributed by atoms with E-state index in [2.05, 4.69) is 0 Å². The van der Waals surface area contributed by atoms with E-state index in [9.17, 15) is 14.7 Å². The average Bonchev–Trinajstić information content (AvgIpc) is 2.57. The molecule has 0 unspecified atom stereocenters. The molecule has 2 atom stereocenters. The summed E-state index contributed by atoms with van der Waals surface area (Å²) in [6.07, 6.45) is -0.511. The van der Waals surface area contributed by atoms with Crippen LogP contribution in [0.3, 0.4) is 0 Å². The van der Waals surface area contributed by atoms with Gasteiger partial charge in [0, 0.05) is 0 Å². The first-order chi connectivity index (χ1) is 11.0. The molecule has 1 aliphatic rings. The third-order valence-electron chi connectivity index (χ3n) is 4.03. The number of methoxy groups -OCH3 is 1. The van der Waals surface area contributed by atoms with Crippen LogP contribution in [0.2, 0.25) is 0 Å². The quantitative estimate of drug-likeness (QED) is 0.941. The highest BCUT2D eigenvalue weighted by Gasteiger charge is 2.37. The summed E-state index contributed by atoms with van der Waals surface area (Å²) in [7, 11) is 1.43. The van der Waals surface area contributed by atoms with Crippen molar-refractivity contribution in [1.82, 2.24) is 0 Å². The number of ketones is 1. The maximum absolute atomic E-state index is 12.7. The zero-order valence-electron chi connectivity index (χ0n) is 12.8. The summed E-state index contributed by atoms with van der Waals surface area (Å²) in [6.45, 7) is 1.78. The lowest BCUT2D eigenvalue weighted by atomic mass is 9.86. The van der Waals surface area contributed by atoms with Gasteiger partial charge in [-0.25, -0.2) is 4.79 Å². The molecule has 0 spiro atoms. The molecule has 0 fully saturated rings. The van der Waals surface area contributed by atoms with Crippen LogP contribution in [-0.4, -0.2) is 24.0 Å². The van der Waals surface area contributed by atoms with Crippen molar-refractivity contribution < 1.29 is 24.2 Å². The monoisotopic (exact) mass is 312 g/mol. The van der Waals surface area contributed by atoms with Crippen LogP contribution < -0.4 is 9.47 Å². The first-order valence-electron chi connectivity index (χ1n) is 7.24. The first kappa shape index (κ1) is 15.1. The molecule has 118 valence electrons. The van der Waals surface area contributed by atoms with Gasteiger partial charge in [0.15, 0.2) is 5.78 Å². The molecule has 23 heavy (non-hydrogen) atoms. The molecular weight excluding hydrogens is 296 g/mol. The van der Waals surface area contributed by atoms with E-state index in [4.69, 9.17) is 9.47 Å². The van der Waals surface area contributed by atoms with Crippen molar-refractivity contribution in [3.05, 3.63) is 59.2 Å². The van der Waals surface area contributed by atoms with Crippen LogP contribution in [0.1, 0.15) is 39.3 Å². The van der Waals surface area contributed by atoms with Gasteiger partial charge in [-0.05, 0) is 17.7 Å². The molecule has 1 heterocycles. The fourth-order valence-corrected chi connectivity index (χ4v) is 2.80. The summed E-state index contributed by atoms with van der Waals surface area (Å²) in [5, 5.41) is 9.42. The smallest absolute Gasteiger partial charge is 0.339 e. The molecule has 3 rings (SSSR count). The highest BCUT2D eigenvalue weighted by molar-refractivity contribution is 6.05. The maximum atomic E-state index is 12.7. The molecule has 2 aromatic carbocycles. The fraction of sp³-hybridized carbons (Fsp3) is 0.222. The standard InChI is InChI=1S/C18H16O5/c1-10-15(19)13-8-12(22-2)9-14(18(20)21)17(13)23-16(10)11-6-4-3-5-7-11/h3-10,16H,1-2H3,(H,20,21)/t10-,16-/m0/s1. The number of fused-ring (bicyclic) bond motifs is 1. The number of carboxylic acid groups (broad SMARTS) is 1. The van der Waals surface area contributed by atoms with E-state index >= 15 is 0 Å². The molecule has 0 aliphatic carbocycles. The van der Waals surface area contributed by atoms with E-state index in [-0.39, 0.29) is 22.7 Å². The molecule has 0 aromatic heterocycles. The summed E-state index contributed by atoms with van der Waals surface area (Å²) in [6, 6.07) is 12.2. The number of Topliss-reactive ketones (excluding diaryl/α,β-unsaturated/α-hetero) is 1. The van der Waals surface area contributed by atoms with Gasteiger partial charge < -0.3 is 14.6 Å². The Kier molecular flexibility index (Phi) is 3.78. The Labute approximate surface area is 133 Å². The highest BCUT2D eigenvalue weighted by Crippen LogP contribution is 2.42. The van der Waals surface area contributed by atoms with Crippen molar-refractivity contribution in [2.45, 2.75) is 13.0 Å². The van der Waals surface area contributed by atoms with Gasteiger partial charge in [-0.2, -0.15) is 0 Å². The van der Waals surface area contributed by atoms with Crippen LogP contribution in [0.4, 0.5) is 0 Å². The summed E-state index contributed by atoms with van der Waals surface area (Å²) in [5.41, 5.74) is 1.02. The lowest BCUT2D eigenvalue weighted by Gasteiger charge is -2.31. The minimum Gasteiger partial charge on any atom is -0.497 e. The Balaban J connectivity index is 2.15. The van der Waals surface area contributed by atoms with E-state index in [1.54, 1.807) is 6.92 Å². The van der Waals surface area contributed by atoms with E-state index in [0.717, 1.165) is 5.56 Å². The van der Waals surface area contributed by atoms with Gasteiger partial charge >= 0.3 is 5.97 Å². The van der Waals surface area contributed by atoms with Gasteiger partial charge in [0.05, 0.1) is 18.6 Å². The van der Waals surface area contributed by atoms with Gasteiger partial charge in [0.25, 0.3) is 0 Å². The number of rotatable bonds is 3. The van der Waals surface area contributed by atoms with Crippen LogP contribution in [-0.2, 0) is 0 Å². The largest absolute Gasteiger partial charge is 0.497 e. The molecule has 0 amide bonds. The van der Waals surface area contributed by atoms with Crippen LogP contribution in [0.15, 0.2) is 42.5 Å². The number of hydrogen-bond acceptors (Lipinski definition) is 4. The third kappa shape index (κ3) is 2.54. The second kappa shape index (κ2) is 5.76. The van der Waals surface area contributed by atoms with E-state index in [1.807, 2.05) is 30.3 Å². The van der Waals surface area contributed by atoms with Crippen LogP contribution in [0.25, 0.3) is 0 Å². The second-order valence-electron chi connectivity index (χ2n) is 5.46. The van der Waals surface area contributed by atoms with Gasteiger partial charge in [0.2, 0.25) is 0 Å². The van der Waals surface area contributed by atoms with E-state index < -0.39 is 18.0 Å². The van der Waals surface area contributed by atoms with E-state index in [0.29, 0.717) is 5.75 Å². The van der Waals surface area contributed by atoms with Gasteiger partial charge in [0.1, 0.15) is 23.2 Å². The number of carboxylic acids is 1. The Morgan fingerprint density at radius 3 is 2.52 bits per heavy atom. The van der Waals surface area contributed by atoms with Gasteiger partial charge in [-0.1, -0.05) is 37.3 Å². The summed E-state index contributed by atoms with van der Waals surface area (Å²) in [4.78, 5) is 24.2. The van der Waals surface area contributed by atoms with Crippen molar-refractivity contribution in [3.8, 4) is 11.5 Å². The lowest BCUT2D eigenvalue weighted by Crippen LogP contribution is -2.30. The number of hydrogen-bond donors (Lipinski definition) is 1. The molecule has 0 saturated heterocycles. The van der Waals surface area contributed by atoms with Crippen molar-refractivity contribution in [3.63, 3.8) is 0 Å². The molecule has 2 aromatic rings. The van der Waals surface area contributed by atoms with Crippen molar-refractivity contribution >= 4 is 11.8 Å². The summed E-state index contributed by atoms with van der Waals surface area (Å²) < 4.78 is 11.0. The normalized spacial score (nSPS) is 19.7. The molecule has 0 radical (unpaired) electrons. The molecule has 5 nitrogen and oxygen atoms in total. The first-order valence-corrected chi connectivity index (χ1v) is 7.24. The molecule has 1 N–H and O–H groups in total. The van der Waals surface area contributed by atoms with Crippen LogP contribution >= 0.6 is 0 Å². The van der Waals surface area contributed by atoms with Gasteiger partial charge in [-0.3, -0.25) is 4.79 Å². The highest BCUT2D eigenvalue weighted by atomic mass is 16.5. The Morgan fingerprint density at radius 1 is 1.22 bits per heavy atom.